The van der Waals surface area contributed by atoms with E-state index in [9.17, 15) is 14.4 Å². The fourth-order valence-electron chi connectivity index (χ4n) is 9.16. The van der Waals surface area contributed by atoms with Crippen LogP contribution in [0.1, 0.15) is 265 Å². The SMILES string of the molecule is CCCCCCCCC(CCCCCC)CC(=O)OCCCCCCN(CCCCCCOC(=O)CC(CCCCCC)CCCCCCCC)C(=O)OCCCN1CCCC1. The molecule has 1 aliphatic rings. The molecule has 0 N–H and O–H groups in total. The highest BCUT2D eigenvalue weighted by Gasteiger charge is 2.18. The van der Waals surface area contributed by atoms with Gasteiger partial charge in [0.25, 0.3) is 0 Å². The molecule has 1 amide bonds. The van der Waals surface area contributed by atoms with Gasteiger partial charge in [-0.15, -0.1) is 0 Å². The second-order valence-corrected chi connectivity index (χ2v) is 19.2. The average Bonchev–Trinajstić information content (AvgIpc) is 3.79. The number of hydrogen-bond acceptors (Lipinski definition) is 7. The number of ether oxygens (including phenoxy) is 3. The molecule has 366 valence electrons. The summed E-state index contributed by atoms with van der Waals surface area (Å²) in [6, 6.07) is 0. The molecule has 0 aromatic heterocycles. The molecule has 0 saturated carbocycles. The molecule has 62 heavy (non-hydrogen) atoms. The van der Waals surface area contributed by atoms with E-state index in [1.807, 2.05) is 4.90 Å². The summed E-state index contributed by atoms with van der Waals surface area (Å²) in [6.07, 6.45) is 42.1. The Hall–Kier alpha value is -1.83. The molecule has 2 unspecified atom stereocenters. The Labute approximate surface area is 384 Å². The van der Waals surface area contributed by atoms with Crippen molar-refractivity contribution in [3.63, 3.8) is 0 Å². The molecule has 8 nitrogen and oxygen atoms in total. The monoisotopic (exact) mass is 877 g/mol. The maximum absolute atomic E-state index is 13.2. The quantitative estimate of drug-likeness (QED) is 0.0342. The molecule has 1 saturated heterocycles. The maximum Gasteiger partial charge on any atom is 0.409 e. The van der Waals surface area contributed by atoms with Gasteiger partial charge in [-0.05, 0) is 108 Å². The highest BCUT2D eigenvalue weighted by Crippen LogP contribution is 2.24. The van der Waals surface area contributed by atoms with Gasteiger partial charge < -0.3 is 24.0 Å². The highest BCUT2D eigenvalue weighted by atomic mass is 16.6. The lowest BCUT2D eigenvalue weighted by molar-refractivity contribution is -0.146. The summed E-state index contributed by atoms with van der Waals surface area (Å²) in [5.74, 6) is 0.880. The summed E-state index contributed by atoms with van der Waals surface area (Å²) in [7, 11) is 0. The molecule has 8 heteroatoms. The number of hydrogen-bond donors (Lipinski definition) is 0. The van der Waals surface area contributed by atoms with Gasteiger partial charge in [0.15, 0.2) is 0 Å². The summed E-state index contributed by atoms with van der Waals surface area (Å²) in [6.45, 7) is 15.2. The van der Waals surface area contributed by atoms with Gasteiger partial charge in [0.2, 0.25) is 0 Å². The van der Waals surface area contributed by atoms with Crippen LogP contribution in [0, 0.1) is 11.8 Å². The Morgan fingerprint density at radius 1 is 0.419 bits per heavy atom. The predicted molar refractivity (Wildman–Crippen MR) is 262 cm³/mol. The Morgan fingerprint density at radius 3 is 1.18 bits per heavy atom. The molecule has 0 radical (unpaired) electrons. The van der Waals surface area contributed by atoms with Crippen LogP contribution in [0.3, 0.4) is 0 Å². The lowest BCUT2D eigenvalue weighted by Gasteiger charge is -2.23. The highest BCUT2D eigenvalue weighted by molar-refractivity contribution is 5.70. The number of unbranched alkanes of at least 4 members (excludes halogenated alkanes) is 22. The number of rotatable bonds is 46. The summed E-state index contributed by atoms with van der Waals surface area (Å²) in [5, 5.41) is 0. The van der Waals surface area contributed by atoms with E-state index in [1.54, 1.807) is 0 Å². The number of nitrogens with zero attached hydrogens (tertiary/aromatic N) is 2. The lowest BCUT2D eigenvalue weighted by atomic mass is 9.91. The molecule has 0 aliphatic carbocycles. The van der Waals surface area contributed by atoms with Gasteiger partial charge in [-0.1, -0.05) is 169 Å². The van der Waals surface area contributed by atoms with Crippen LogP contribution in [-0.4, -0.2) is 80.4 Å². The molecule has 0 aromatic rings. The van der Waals surface area contributed by atoms with Crippen LogP contribution in [0.25, 0.3) is 0 Å². The Kier molecular flexibility index (Phi) is 41.6. The molecular formula is C54H104N2O6. The van der Waals surface area contributed by atoms with Crippen molar-refractivity contribution in [2.24, 2.45) is 11.8 Å². The van der Waals surface area contributed by atoms with Crippen LogP contribution < -0.4 is 0 Å². The van der Waals surface area contributed by atoms with Crippen LogP contribution in [0.4, 0.5) is 4.79 Å². The molecule has 0 spiro atoms. The fraction of sp³-hybridized carbons (Fsp3) is 0.944. The van der Waals surface area contributed by atoms with Crippen LogP contribution in [-0.2, 0) is 23.8 Å². The van der Waals surface area contributed by atoms with Crippen molar-refractivity contribution in [2.45, 2.75) is 265 Å². The van der Waals surface area contributed by atoms with Crippen LogP contribution >= 0.6 is 0 Å². The second-order valence-electron chi connectivity index (χ2n) is 19.2. The third kappa shape index (κ3) is 36.5. The van der Waals surface area contributed by atoms with Gasteiger partial charge in [0.1, 0.15) is 0 Å². The zero-order valence-electron chi connectivity index (χ0n) is 41.8. The number of likely N-dealkylation sites (tertiary alicyclic amines) is 1. The first-order valence-electron chi connectivity index (χ1n) is 27.4. The van der Waals surface area contributed by atoms with Gasteiger partial charge in [-0.3, -0.25) is 9.59 Å². The molecule has 1 heterocycles. The second kappa shape index (κ2) is 44.4. The minimum Gasteiger partial charge on any atom is -0.466 e. The van der Waals surface area contributed by atoms with Gasteiger partial charge in [-0.2, -0.15) is 0 Å². The first-order chi connectivity index (χ1) is 30.4. The minimum absolute atomic E-state index is 0.0195. The van der Waals surface area contributed by atoms with Gasteiger partial charge >= 0.3 is 18.0 Å². The van der Waals surface area contributed by atoms with E-state index >= 15 is 0 Å². The van der Waals surface area contributed by atoms with Crippen molar-refractivity contribution >= 4 is 18.0 Å². The van der Waals surface area contributed by atoms with E-state index in [0.29, 0.717) is 57.6 Å². The molecule has 1 fully saturated rings. The topological polar surface area (TPSA) is 85.4 Å². The van der Waals surface area contributed by atoms with E-state index < -0.39 is 0 Å². The van der Waals surface area contributed by atoms with Gasteiger partial charge in [0, 0.05) is 32.5 Å². The Balaban J connectivity index is 2.42. The zero-order valence-corrected chi connectivity index (χ0v) is 41.8. The Morgan fingerprint density at radius 2 is 0.758 bits per heavy atom. The minimum atomic E-state index is -0.190. The molecule has 0 aromatic carbocycles. The summed E-state index contributed by atoms with van der Waals surface area (Å²) in [5.41, 5.74) is 0. The maximum atomic E-state index is 13.2. The average molecular weight is 877 g/mol. The van der Waals surface area contributed by atoms with E-state index in [4.69, 9.17) is 14.2 Å². The number of amides is 1. The summed E-state index contributed by atoms with van der Waals surface area (Å²) in [4.78, 5) is 43.2. The van der Waals surface area contributed by atoms with E-state index in [2.05, 4.69) is 32.6 Å². The predicted octanol–water partition coefficient (Wildman–Crippen LogP) is 15.6. The van der Waals surface area contributed by atoms with Crippen LogP contribution in [0.5, 0.6) is 0 Å². The van der Waals surface area contributed by atoms with Gasteiger partial charge in [0.05, 0.1) is 19.8 Å². The van der Waals surface area contributed by atoms with Crippen molar-refractivity contribution in [1.29, 1.82) is 0 Å². The third-order valence-electron chi connectivity index (χ3n) is 13.2. The first-order valence-corrected chi connectivity index (χ1v) is 27.4. The molecular weight excluding hydrogens is 773 g/mol. The largest absolute Gasteiger partial charge is 0.466 e. The summed E-state index contributed by atoms with van der Waals surface area (Å²) < 4.78 is 17.3. The normalized spacial score (nSPS) is 13.9. The number of carbonyl (C=O) groups excluding carboxylic acids is 3. The zero-order chi connectivity index (χ0) is 45.0. The molecule has 0 bridgehead atoms. The van der Waals surface area contributed by atoms with Crippen molar-refractivity contribution in [2.75, 3.05) is 52.5 Å². The van der Waals surface area contributed by atoms with E-state index in [0.717, 1.165) is 103 Å². The van der Waals surface area contributed by atoms with Crippen molar-refractivity contribution in [3.05, 3.63) is 0 Å². The number of carbonyl (C=O) groups is 3. The Bertz CT molecular complexity index is 943. The standard InChI is InChI=1S/C54H104N2O6/c1-5-9-13-17-19-27-38-50(36-25-15-11-7-3)48-52(57)60-45-33-23-21-29-43-56(54(59)62-47-35-42-55-40-31-32-41-55)44-30-22-24-34-46-61-53(58)49-51(37-26-16-12-8-4)39-28-20-18-14-10-6-2/h50-51H,5-49H2,1-4H3. The summed E-state index contributed by atoms with van der Waals surface area (Å²) >= 11 is 0. The molecule has 2 atom stereocenters. The molecule has 1 rings (SSSR count). The van der Waals surface area contributed by atoms with Crippen molar-refractivity contribution in [3.8, 4) is 0 Å². The van der Waals surface area contributed by atoms with Crippen LogP contribution in [0.15, 0.2) is 0 Å². The van der Waals surface area contributed by atoms with Crippen molar-refractivity contribution < 1.29 is 28.6 Å². The van der Waals surface area contributed by atoms with Crippen molar-refractivity contribution in [1.82, 2.24) is 9.80 Å². The van der Waals surface area contributed by atoms with Gasteiger partial charge in [-0.25, -0.2) is 4.79 Å². The molecule has 1 aliphatic heterocycles. The first kappa shape index (κ1) is 58.2. The fourth-order valence-corrected chi connectivity index (χ4v) is 9.16. The van der Waals surface area contributed by atoms with E-state index in [1.165, 1.54) is 141 Å². The smallest absolute Gasteiger partial charge is 0.409 e. The third-order valence-corrected chi connectivity index (χ3v) is 13.2. The number of esters is 2. The van der Waals surface area contributed by atoms with Crippen LogP contribution in [0.2, 0.25) is 0 Å². The lowest BCUT2D eigenvalue weighted by Crippen LogP contribution is -2.34. The van der Waals surface area contributed by atoms with E-state index in [-0.39, 0.29) is 18.0 Å².